The van der Waals surface area contributed by atoms with Crippen molar-refractivity contribution >= 4 is 22.5 Å². The Balaban J connectivity index is 1.66. The Morgan fingerprint density at radius 2 is 1.56 bits per heavy atom. The predicted molar refractivity (Wildman–Crippen MR) is 125 cm³/mol. The number of halogens is 1. The summed E-state index contributed by atoms with van der Waals surface area (Å²) in [6, 6.07) is 23.6. The Kier molecular flexibility index (Phi) is 6.17. The molecule has 4 aromatic rings. The lowest BCUT2D eigenvalue weighted by Crippen LogP contribution is -2.37. The third kappa shape index (κ3) is 4.78. The third-order valence-corrected chi connectivity index (χ3v) is 5.69. The molecule has 0 saturated heterocycles. The van der Waals surface area contributed by atoms with E-state index in [1.165, 1.54) is 12.1 Å². The van der Waals surface area contributed by atoms with E-state index in [4.69, 9.17) is 4.74 Å². The summed E-state index contributed by atoms with van der Waals surface area (Å²) in [6.45, 7) is 1.94. The molecular weight excluding hydrogens is 403 g/mol. The lowest BCUT2D eigenvalue weighted by Gasteiger charge is -2.29. The van der Waals surface area contributed by atoms with Crippen molar-refractivity contribution < 1.29 is 13.9 Å². The van der Waals surface area contributed by atoms with Crippen molar-refractivity contribution in [2.75, 3.05) is 12.4 Å². The highest BCUT2D eigenvalue weighted by Crippen LogP contribution is 2.31. The number of hydrogen-bond donors (Lipinski definition) is 1. The number of rotatable bonds is 7. The van der Waals surface area contributed by atoms with Gasteiger partial charge in [0.25, 0.3) is 0 Å². The van der Waals surface area contributed by atoms with Crippen LogP contribution in [0.5, 0.6) is 5.75 Å². The van der Waals surface area contributed by atoms with E-state index in [-0.39, 0.29) is 11.7 Å². The standard InChI is InChI=1S/C27H25FN2O2/c1-27(17-19-8-12-22(28)13-9-19,18-20-10-14-23(32-2)15-11-20)26(31)30-24-7-3-5-21-6-4-16-29-25(21)24/h3-16H,17-18H2,1-2H3,(H,30,31). The molecule has 0 aliphatic heterocycles. The molecule has 4 rings (SSSR count). The summed E-state index contributed by atoms with van der Waals surface area (Å²) in [5, 5.41) is 4.06. The Hall–Kier alpha value is -3.73. The van der Waals surface area contributed by atoms with Crippen LogP contribution in [0.15, 0.2) is 85.1 Å². The lowest BCUT2D eigenvalue weighted by atomic mass is 9.77. The molecule has 5 heteroatoms. The van der Waals surface area contributed by atoms with Gasteiger partial charge < -0.3 is 10.1 Å². The quantitative estimate of drug-likeness (QED) is 0.404. The number of nitrogens with zero attached hydrogens (tertiary/aromatic N) is 1. The number of benzene rings is 3. The molecule has 0 aliphatic carbocycles. The normalized spacial score (nSPS) is 12.8. The fraction of sp³-hybridized carbons (Fsp3) is 0.185. The average Bonchev–Trinajstić information content (AvgIpc) is 2.81. The monoisotopic (exact) mass is 428 g/mol. The first-order valence-corrected chi connectivity index (χ1v) is 10.5. The third-order valence-electron chi connectivity index (χ3n) is 5.69. The van der Waals surface area contributed by atoms with Crippen molar-refractivity contribution in [1.82, 2.24) is 4.98 Å². The minimum Gasteiger partial charge on any atom is -0.497 e. The SMILES string of the molecule is COc1ccc(CC(C)(Cc2ccc(F)cc2)C(=O)Nc2cccc3cccnc23)cc1. The summed E-state index contributed by atoms with van der Waals surface area (Å²) in [6.07, 6.45) is 2.69. The number of methoxy groups -OCH3 is 1. The first-order valence-electron chi connectivity index (χ1n) is 10.5. The van der Waals surface area contributed by atoms with Gasteiger partial charge in [0, 0.05) is 11.6 Å². The second-order valence-electron chi connectivity index (χ2n) is 8.22. The summed E-state index contributed by atoms with van der Waals surface area (Å²) in [5.41, 5.74) is 2.56. The van der Waals surface area contributed by atoms with Crippen LogP contribution in [-0.4, -0.2) is 18.0 Å². The molecule has 3 aromatic carbocycles. The van der Waals surface area contributed by atoms with Crippen LogP contribution < -0.4 is 10.1 Å². The van der Waals surface area contributed by atoms with Crippen molar-refractivity contribution in [3.05, 3.63) is 102 Å². The molecule has 0 spiro atoms. The number of aromatic nitrogens is 1. The Bertz CT molecular complexity index is 1220. The number of anilines is 1. The van der Waals surface area contributed by atoms with Crippen molar-refractivity contribution in [2.24, 2.45) is 5.41 Å². The molecule has 0 fully saturated rings. The molecule has 32 heavy (non-hydrogen) atoms. The number of hydrogen-bond acceptors (Lipinski definition) is 3. The summed E-state index contributed by atoms with van der Waals surface area (Å²) < 4.78 is 18.7. The summed E-state index contributed by atoms with van der Waals surface area (Å²) >= 11 is 0. The second-order valence-corrected chi connectivity index (χ2v) is 8.22. The highest BCUT2D eigenvalue weighted by atomic mass is 19.1. The summed E-state index contributed by atoms with van der Waals surface area (Å²) in [4.78, 5) is 18.1. The summed E-state index contributed by atoms with van der Waals surface area (Å²) in [7, 11) is 1.62. The van der Waals surface area contributed by atoms with E-state index in [1.54, 1.807) is 25.4 Å². The van der Waals surface area contributed by atoms with Gasteiger partial charge >= 0.3 is 0 Å². The van der Waals surface area contributed by atoms with Crippen LogP contribution in [0.3, 0.4) is 0 Å². The fourth-order valence-electron chi connectivity index (χ4n) is 3.95. The molecule has 1 aromatic heterocycles. The van der Waals surface area contributed by atoms with Gasteiger partial charge in [-0.05, 0) is 60.4 Å². The van der Waals surface area contributed by atoms with Crippen molar-refractivity contribution in [2.45, 2.75) is 19.8 Å². The number of fused-ring (bicyclic) bond motifs is 1. The minimum absolute atomic E-state index is 0.115. The highest BCUT2D eigenvalue weighted by Gasteiger charge is 2.34. The maximum atomic E-state index is 13.6. The number of amides is 1. The molecule has 1 amide bonds. The lowest BCUT2D eigenvalue weighted by molar-refractivity contribution is -0.124. The largest absolute Gasteiger partial charge is 0.497 e. The van der Waals surface area contributed by atoms with Crippen molar-refractivity contribution in [3.63, 3.8) is 0 Å². The van der Waals surface area contributed by atoms with Gasteiger partial charge in [-0.15, -0.1) is 0 Å². The van der Waals surface area contributed by atoms with Gasteiger partial charge in [0.05, 0.1) is 23.7 Å². The Labute approximate surface area is 187 Å². The number of carbonyl (C=O) groups is 1. The maximum absolute atomic E-state index is 13.6. The van der Waals surface area contributed by atoms with E-state index < -0.39 is 5.41 Å². The van der Waals surface area contributed by atoms with Crippen molar-refractivity contribution in [1.29, 1.82) is 0 Å². The maximum Gasteiger partial charge on any atom is 0.231 e. The number of para-hydroxylation sites is 1. The zero-order chi connectivity index (χ0) is 22.6. The number of nitrogens with one attached hydrogen (secondary N) is 1. The van der Waals surface area contributed by atoms with E-state index in [0.29, 0.717) is 18.5 Å². The highest BCUT2D eigenvalue weighted by molar-refractivity contribution is 6.02. The van der Waals surface area contributed by atoms with E-state index in [1.807, 2.05) is 61.5 Å². The molecule has 0 saturated carbocycles. The molecule has 0 radical (unpaired) electrons. The van der Waals surface area contributed by atoms with Gasteiger partial charge in [-0.25, -0.2) is 4.39 Å². The molecule has 1 N–H and O–H groups in total. The van der Waals surface area contributed by atoms with E-state index in [0.717, 1.165) is 27.8 Å². The molecule has 0 bridgehead atoms. The van der Waals surface area contributed by atoms with Crippen molar-refractivity contribution in [3.8, 4) is 5.75 Å². The number of carbonyl (C=O) groups excluding carboxylic acids is 1. The van der Waals surface area contributed by atoms with E-state index >= 15 is 0 Å². The van der Waals surface area contributed by atoms with Crippen LogP contribution in [0, 0.1) is 11.2 Å². The smallest absolute Gasteiger partial charge is 0.231 e. The van der Waals surface area contributed by atoms with Crippen LogP contribution in [0.1, 0.15) is 18.1 Å². The molecule has 1 heterocycles. The molecular formula is C27H25FN2O2. The Morgan fingerprint density at radius 1 is 0.938 bits per heavy atom. The minimum atomic E-state index is -0.774. The van der Waals surface area contributed by atoms with Gasteiger partial charge in [0.15, 0.2) is 0 Å². The average molecular weight is 429 g/mol. The second kappa shape index (κ2) is 9.18. The zero-order valence-electron chi connectivity index (χ0n) is 18.1. The van der Waals surface area contributed by atoms with Gasteiger partial charge in [0.1, 0.15) is 11.6 Å². The van der Waals surface area contributed by atoms with Crippen LogP contribution in [0.25, 0.3) is 10.9 Å². The molecule has 0 aliphatic rings. The zero-order valence-corrected chi connectivity index (χ0v) is 18.1. The summed E-state index contributed by atoms with van der Waals surface area (Å²) in [5.74, 6) is 0.355. The predicted octanol–water partition coefficient (Wildman–Crippen LogP) is 5.81. The van der Waals surface area contributed by atoms with Crippen LogP contribution in [-0.2, 0) is 17.6 Å². The first-order chi connectivity index (χ1) is 15.5. The molecule has 1 atom stereocenters. The van der Waals surface area contributed by atoms with Gasteiger partial charge in [-0.3, -0.25) is 9.78 Å². The van der Waals surface area contributed by atoms with E-state index in [9.17, 15) is 9.18 Å². The molecule has 4 nitrogen and oxygen atoms in total. The number of pyridine rings is 1. The molecule has 162 valence electrons. The first kappa shape index (κ1) is 21.5. The van der Waals surface area contributed by atoms with Gasteiger partial charge in [-0.1, -0.05) is 49.4 Å². The topological polar surface area (TPSA) is 51.2 Å². The van der Waals surface area contributed by atoms with Crippen LogP contribution >= 0.6 is 0 Å². The fourth-order valence-corrected chi connectivity index (χ4v) is 3.95. The van der Waals surface area contributed by atoms with Gasteiger partial charge in [-0.2, -0.15) is 0 Å². The number of ether oxygens (including phenoxy) is 1. The van der Waals surface area contributed by atoms with Crippen LogP contribution in [0.2, 0.25) is 0 Å². The van der Waals surface area contributed by atoms with Crippen LogP contribution in [0.4, 0.5) is 10.1 Å². The Morgan fingerprint density at radius 3 is 2.22 bits per heavy atom. The molecule has 1 unspecified atom stereocenters. The van der Waals surface area contributed by atoms with E-state index in [2.05, 4.69) is 10.3 Å². The van der Waals surface area contributed by atoms with Gasteiger partial charge in [0.2, 0.25) is 5.91 Å².